The summed E-state index contributed by atoms with van der Waals surface area (Å²) in [6.07, 6.45) is 6.30. The van der Waals surface area contributed by atoms with Crippen LogP contribution in [0.4, 0.5) is 0 Å². The molecule has 6 atom stereocenters. The van der Waals surface area contributed by atoms with Crippen LogP contribution in [0.25, 0.3) is 0 Å². The highest BCUT2D eigenvalue weighted by Crippen LogP contribution is 2.29. The van der Waals surface area contributed by atoms with Crippen LogP contribution in [-0.4, -0.2) is 44.0 Å². The van der Waals surface area contributed by atoms with Gasteiger partial charge in [0.2, 0.25) is 0 Å². The lowest BCUT2D eigenvalue weighted by Gasteiger charge is -2.26. The first-order chi connectivity index (χ1) is 11.4. The molecule has 0 nitrogen and oxygen atoms in total. The molecule has 0 aliphatic rings. The van der Waals surface area contributed by atoms with Gasteiger partial charge in [-0.2, -0.15) is 101 Å². The van der Waals surface area contributed by atoms with E-state index in [9.17, 15) is 0 Å². The van der Waals surface area contributed by atoms with Crippen molar-refractivity contribution in [3.8, 4) is 0 Å². The van der Waals surface area contributed by atoms with E-state index in [0.717, 1.165) is 61.5 Å². The monoisotopic (exact) mass is 482 g/mol. The molecule has 0 aromatic heterocycles. The molecular weight excluding hydrogens is 449 g/mol. The van der Waals surface area contributed by atoms with Crippen LogP contribution < -0.4 is 0 Å². The fourth-order valence-corrected chi connectivity index (χ4v) is 6.42. The maximum Gasteiger partial charge on any atom is 0.00610 e. The molecule has 0 saturated heterocycles. The fraction of sp³-hybridized carbons (Fsp3) is 1.00. The SMILES string of the molecule is SCCC(S)[C@H](CS)CC(S)CCC(S)C[C@H](CS)C(S)CCS. The largest absolute Gasteiger partial charge is 0.179 e. The Morgan fingerprint density at radius 3 is 1.08 bits per heavy atom. The molecule has 0 fully saturated rings. The standard InChI is InChI=1S/C16H34S8/c17-5-3-15(23)11(9-19)7-13(21)1-2-14(22)8-12(10-20)16(24)4-6-18/h11-24H,1-10H2/t11-,12+,13?,14?,15?,16?. The summed E-state index contributed by atoms with van der Waals surface area (Å²) in [5.74, 6) is 4.44. The van der Waals surface area contributed by atoms with Gasteiger partial charge < -0.3 is 0 Å². The normalized spacial score (nSPS) is 19.5. The Hall–Kier alpha value is 2.80. The van der Waals surface area contributed by atoms with Gasteiger partial charge in [-0.1, -0.05) is 0 Å². The van der Waals surface area contributed by atoms with Crippen LogP contribution in [0.15, 0.2) is 0 Å². The van der Waals surface area contributed by atoms with Gasteiger partial charge in [-0.05, 0) is 73.4 Å². The van der Waals surface area contributed by atoms with Crippen LogP contribution in [0.3, 0.4) is 0 Å². The van der Waals surface area contributed by atoms with Crippen molar-refractivity contribution in [1.29, 1.82) is 0 Å². The van der Waals surface area contributed by atoms with Crippen LogP contribution >= 0.6 is 101 Å². The summed E-state index contributed by atoms with van der Waals surface area (Å²) < 4.78 is 0. The van der Waals surface area contributed by atoms with Gasteiger partial charge in [0.1, 0.15) is 0 Å². The Labute approximate surface area is 193 Å². The fourth-order valence-electron chi connectivity index (χ4n) is 2.76. The van der Waals surface area contributed by atoms with Crippen molar-refractivity contribution in [1.82, 2.24) is 0 Å². The lowest BCUT2D eigenvalue weighted by molar-refractivity contribution is 0.461. The number of hydrogen-bond donors (Lipinski definition) is 8. The molecule has 146 valence electrons. The topological polar surface area (TPSA) is 0 Å². The van der Waals surface area contributed by atoms with Crippen molar-refractivity contribution in [3.05, 3.63) is 0 Å². The van der Waals surface area contributed by atoms with Crippen molar-refractivity contribution in [2.45, 2.75) is 59.5 Å². The molecule has 0 aromatic carbocycles. The predicted octanol–water partition coefficient (Wildman–Crippen LogP) is 5.47. The minimum atomic E-state index is 0.362. The van der Waals surface area contributed by atoms with Crippen molar-refractivity contribution in [2.75, 3.05) is 23.0 Å². The van der Waals surface area contributed by atoms with E-state index in [4.69, 9.17) is 50.5 Å². The highest BCUT2D eigenvalue weighted by Gasteiger charge is 2.22. The molecule has 0 bridgehead atoms. The van der Waals surface area contributed by atoms with E-state index in [1.165, 1.54) is 0 Å². The molecule has 0 radical (unpaired) electrons. The first-order valence-corrected chi connectivity index (χ1v) is 13.1. The zero-order valence-corrected chi connectivity index (χ0v) is 21.3. The van der Waals surface area contributed by atoms with E-state index in [0.29, 0.717) is 32.8 Å². The van der Waals surface area contributed by atoms with Crippen LogP contribution in [0.1, 0.15) is 38.5 Å². The van der Waals surface area contributed by atoms with E-state index < -0.39 is 0 Å². The van der Waals surface area contributed by atoms with E-state index in [1.807, 2.05) is 0 Å². The summed E-state index contributed by atoms with van der Waals surface area (Å²) in [4.78, 5) is 0. The molecule has 0 spiro atoms. The van der Waals surface area contributed by atoms with Crippen molar-refractivity contribution in [3.63, 3.8) is 0 Å². The quantitative estimate of drug-likeness (QED) is 0.139. The Bertz CT molecular complexity index is 263. The lowest BCUT2D eigenvalue weighted by Crippen LogP contribution is -2.23. The Balaban J connectivity index is 4.21. The van der Waals surface area contributed by atoms with E-state index >= 15 is 0 Å². The van der Waals surface area contributed by atoms with Gasteiger partial charge in [-0.3, -0.25) is 0 Å². The second-order valence-corrected chi connectivity index (χ2v) is 10.8. The van der Waals surface area contributed by atoms with Gasteiger partial charge in [-0.15, -0.1) is 0 Å². The second-order valence-electron chi connectivity index (χ2n) is 6.40. The van der Waals surface area contributed by atoms with Gasteiger partial charge in [0.25, 0.3) is 0 Å². The van der Waals surface area contributed by atoms with Crippen molar-refractivity contribution in [2.24, 2.45) is 11.8 Å². The predicted molar refractivity (Wildman–Crippen MR) is 141 cm³/mol. The highest BCUT2D eigenvalue weighted by atomic mass is 32.1. The summed E-state index contributed by atoms with van der Waals surface area (Å²) in [6.45, 7) is 0. The molecule has 0 saturated carbocycles. The van der Waals surface area contributed by atoms with Crippen LogP contribution in [0.2, 0.25) is 0 Å². The summed E-state index contributed by atoms with van der Waals surface area (Å²) in [6, 6.07) is 0. The summed E-state index contributed by atoms with van der Waals surface area (Å²) in [7, 11) is 0. The number of thiol groups is 8. The van der Waals surface area contributed by atoms with E-state index in [1.54, 1.807) is 0 Å². The van der Waals surface area contributed by atoms with Gasteiger partial charge >= 0.3 is 0 Å². The first-order valence-electron chi connectivity index (χ1n) is 8.55. The molecular formula is C16H34S8. The van der Waals surface area contributed by atoms with Gasteiger partial charge in [0, 0.05) is 21.0 Å². The zero-order chi connectivity index (χ0) is 18.5. The third-order valence-electron chi connectivity index (χ3n) is 4.39. The average molecular weight is 483 g/mol. The zero-order valence-electron chi connectivity index (χ0n) is 14.1. The molecule has 0 N–H and O–H groups in total. The van der Waals surface area contributed by atoms with E-state index in [2.05, 4.69) is 50.5 Å². The number of rotatable bonds is 15. The summed E-state index contributed by atoms with van der Waals surface area (Å²) in [5.41, 5.74) is 0. The Morgan fingerprint density at radius 2 is 0.833 bits per heavy atom. The Morgan fingerprint density at radius 1 is 0.500 bits per heavy atom. The van der Waals surface area contributed by atoms with E-state index in [-0.39, 0.29) is 0 Å². The third-order valence-corrected chi connectivity index (χ3v) is 8.14. The molecule has 0 aromatic rings. The highest BCUT2D eigenvalue weighted by molar-refractivity contribution is 7.82. The summed E-state index contributed by atoms with van der Waals surface area (Å²) >= 11 is 36.6. The molecule has 0 aliphatic heterocycles. The smallest absolute Gasteiger partial charge is 0.00610 e. The van der Waals surface area contributed by atoms with Crippen LogP contribution in [0, 0.1) is 11.8 Å². The molecule has 24 heavy (non-hydrogen) atoms. The molecule has 4 unspecified atom stereocenters. The average Bonchev–Trinajstić information content (AvgIpc) is 2.55. The van der Waals surface area contributed by atoms with Gasteiger partial charge in [0.05, 0.1) is 0 Å². The van der Waals surface area contributed by atoms with Gasteiger partial charge in [-0.25, -0.2) is 0 Å². The minimum absolute atomic E-state index is 0.362. The van der Waals surface area contributed by atoms with Crippen molar-refractivity contribution < 1.29 is 0 Å². The molecule has 8 heteroatoms. The van der Waals surface area contributed by atoms with Crippen LogP contribution in [0.5, 0.6) is 0 Å². The summed E-state index contributed by atoms with van der Waals surface area (Å²) in [5, 5.41) is 1.48. The van der Waals surface area contributed by atoms with Crippen LogP contribution in [-0.2, 0) is 0 Å². The minimum Gasteiger partial charge on any atom is -0.179 e. The first kappa shape index (κ1) is 26.8. The molecule has 0 aliphatic carbocycles. The Kier molecular flexibility index (Phi) is 18.7. The molecule has 0 rings (SSSR count). The molecule has 0 amide bonds. The maximum atomic E-state index is 4.79. The molecule has 0 heterocycles. The van der Waals surface area contributed by atoms with Crippen molar-refractivity contribution >= 4 is 101 Å². The number of hydrogen-bond acceptors (Lipinski definition) is 8. The third kappa shape index (κ3) is 12.3. The van der Waals surface area contributed by atoms with Gasteiger partial charge in [0.15, 0.2) is 0 Å². The lowest BCUT2D eigenvalue weighted by atomic mass is 9.94. The second kappa shape index (κ2) is 16.7. The maximum absolute atomic E-state index is 4.79.